The van der Waals surface area contributed by atoms with Crippen LogP contribution in [0.25, 0.3) is 16.3 Å². The quantitative estimate of drug-likeness (QED) is 0.353. The molecule has 2 aromatic rings. The van der Waals surface area contributed by atoms with Gasteiger partial charge in [0.15, 0.2) is 0 Å². The summed E-state index contributed by atoms with van der Waals surface area (Å²) in [6, 6.07) is 10.0. The number of allylic oxidation sites excluding steroid dienone is 8. The molecule has 0 N–H and O–H groups in total. The minimum atomic E-state index is 0.0977. The van der Waals surface area contributed by atoms with Crippen LogP contribution in [-0.2, 0) is 10.8 Å². The van der Waals surface area contributed by atoms with Crippen molar-refractivity contribution in [3.63, 3.8) is 0 Å². The lowest BCUT2D eigenvalue weighted by atomic mass is 9.63. The zero-order valence-electron chi connectivity index (χ0n) is 24.8. The van der Waals surface area contributed by atoms with Crippen LogP contribution >= 0.6 is 0 Å². The Hall–Kier alpha value is -2.34. The summed E-state index contributed by atoms with van der Waals surface area (Å²) in [7, 11) is 0. The van der Waals surface area contributed by atoms with Crippen molar-refractivity contribution in [2.45, 2.75) is 106 Å². The van der Waals surface area contributed by atoms with Gasteiger partial charge in [0.05, 0.1) is 0 Å². The molecule has 0 bridgehead atoms. The monoisotopic (exact) mass is 478 g/mol. The molecule has 0 aromatic heterocycles. The van der Waals surface area contributed by atoms with Crippen molar-refractivity contribution in [1.29, 1.82) is 0 Å². The molecule has 0 spiro atoms. The molecular weight excluding hydrogens is 432 g/mol. The summed E-state index contributed by atoms with van der Waals surface area (Å²) in [6.07, 6.45) is 8.75. The Balaban J connectivity index is 1.94. The van der Waals surface area contributed by atoms with E-state index in [1.807, 2.05) is 0 Å². The van der Waals surface area contributed by atoms with Gasteiger partial charge in [-0.3, -0.25) is 0 Å². The summed E-state index contributed by atoms with van der Waals surface area (Å²) in [5, 5.41) is 2.88. The fourth-order valence-electron chi connectivity index (χ4n) is 6.06. The van der Waals surface area contributed by atoms with Crippen molar-refractivity contribution >= 4 is 16.3 Å². The fraction of sp³-hybridized carbons (Fsp3) is 0.500. The summed E-state index contributed by atoms with van der Waals surface area (Å²) in [4.78, 5) is 0. The zero-order valence-corrected chi connectivity index (χ0v) is 24.8. The largest absolute Gasteiger partial charge is 0.0688 e. The van der Waals surface area contributed by atoms with E-state index in [1.54, 1.807) is 11.1 Å². The number of hydrogen-bond donors (Lipinski definition) is 0. The highest BCUT2D eigenvalue weighted by Gasteiger charge is 2.38. The van der Waals surface area contributed by atoms with Crippen LogP contribution in [0.3, 0.4) is 0 Å². The lowest BCUT2D eigenvalue weighted by molar-refractivity contribution is 0.487. The Morgan fingerprint density at radius 1 is 0.639 bits per heavy atom. The van der Waals surface area contributed by atoms with Gasteiger partial charge in [-0.1, -0.05) is 125 Å². The molecule has 2 aromatic carbocycles. The van der Waals surface area contributed by atoms with Gasteiger partial charge in [0, 0.05) is 5.92 Å². The van der Waals surface area contributed by atoms with Crippen molar-refractivity contribution in [3.05, 3.63) is 87.0 Å². The highest BCUT2D eigenvalue weighted by Crippen LogP contribution is 2.56. The molecule has 3 aliphatic carbocycles. The first-order valence-electron chi connectivity index (χ1n) is 13.9. The van der Waals surface area contributed by atoms with Crippen LogP contribution < -0.4 is 0 Å². The number of hydrogen-bond acceptors (Lipinski definition) is 0. The van der Waals surface area contributed by atoms with E-state index in [2.05, 4.69) is 126 Å². The molecule has 0 nitrogen and oxygen atoms in total. The summed E-state index contributed by atoms with van der Waals surface area (Å²) < 4.78 is 0. The van der Waals surface area contributed by atoms with Gasteiger partial charge in [0.2, 0.25) is 0 Å². The zero-order chi connectivity index (χ0) is 26.6. The van der Waals surface area contributed by atoms with E-state index >= 15 is 0 Å². The van der Waals surface area contributed by atoms with E-state index in [-0.39, 0.29) is 21.7 Å². The fourth-order valence-corrected chi connectivity index (χ4v) is 6.06. The van der Waals surface area contributed by atoms with E-state index in [0.717, 1.165) is 6.42 Å². The lowest BCUT2D eigenvalue weighted by Gasteiger charge is -2.41. The normalized spacial score (nSPS) is 20.2. The molecule has 0 radical (unpaired) electrons. The number of fused-ring (bicyclic) bond motifs is 2. The second kappa shape index (κ2) is 7.59. The van der Waals surface area contributed by atoms with E-state index in [0.29, 0.717) is 5.92 Å². The molecule has 3 aliphatic rings. The summed E-state index contributed by atoms with van der Waals surface area (Å²) >= 11 is 0. The molecule has 0 aliphatic heterocycles. The molecule has 36 heavy (non-hydrogen) atoms. The van der Waals surface area contributed by atoms with Gasteiger partial charge in [0.1, 0.15) is 0 Å². The van der Waals surface area contributed by atoms with Crippen molar-refractivity contribution in [2.24, 2.45) is 10.8 Å². The van der Waals surface area contributed by atoms with Crippen LogP contribution in [0, 0.1) is 10.8 Å². The van der Waals surface area contributed by atoms with Crippen molar-refractivity contribution < 1.29 is 0 Å². The van der Waals surface area contributed by atoms with E-state index in [4.69, 9.17) is 0 Å². The van der Waals surface area contributed by atoms with Crippen LogP contribution in [0.2, 0.25) is 0 Å². The average Bonchev–Trinajstić information content (AvgIpc) is 2.73. The van der Waals surface area contributed by atoms with E-state index < -0.39 is 0 Å². The van der Waals surface area contributed by atoms with Crippen LogP contribution in [0.1, 0.15) is 118 Å². The van der Waals surface area contributed by atoms with Gasteiger partial charge in [-0.05, 0) is 89.5 Å². The smallest absolute Gasteiger partial charge is 0.0290 e. The van der Waals surface area contributed by atoms with Gasteiger partial charge >= 0.3 is 0 Å². The van der Waals surface area contributed by atoms with Crippen LogP contribution in [0.15, 0.2) is 64.8 Å². The molecule has 5 rings (SSSR count). The van der Waals surface area contributed by atoms with E-state index in [9.17, 15) is 0 Å². The average molecular weight is 479 g/mol. The Bertz CT molecular complexity index is 1390. The van der Waals surface area contributed by atoms with Crippen LogP contribution in [0.5, 0.6) is 0 Å². The molecule has 0 saturated heterocycles. The minimum Gasteiger partial charge on any atom is -0.0688 e. The number of benzene rings is 2. The van der Waals surface area contributed by atoms with Gasteiger partial charge in [0.25, 0.3) is 0 Å². The van der Waals surface area contributed by atoms with Crippen LogP contribution in [0.4, 0.5) is 0 Å². The molecule has 0 heteroatoms. The Kier molecular flexibility index (Phi) is 5.34. The molecule has 0 fully saturated rings. The highest BCUT2D eigenvalue weighted by molar-refractivity contribution is 6.05. The van der Waals surface area contributed by atoms with Crippen LogP contribution in [-0.4, -0.2) is 0 Å². The van der Waals surface area contributed by atoms with Crippen molar-refractivity contribution in [1.82, 2.24) is 0 Å². The first-order valence-corrected chi connectivity index (χ1v) is 13.9. The van der Waals surface area contributed by atoms with Crippen molar-refractivity contribution in [3.8, 4) is 0 Å². The molecule has 190 valence electrons. The molecule has 1 unspecified atom stereocenters. The van der Waals surface area contributed by atoms with Gasteiger partial charge in [-0.25, -0.2) is 0 Å². The molecule has 0 heterocycles. The predicted molar refractivity (Wildman–Crippen MR) is 159 cm³/mol. The minimum absolute atomic E-state index is 0.0977. The second-order valence-electron chi connectivity index (χ2n) is 15.6. The molecule has 0 saturated carbocycles. The van der Waals surface area contributed by atoms with Crippen molar-refractivity contribution in [2.75, 3.05) is 0 Å². The molecule has 1 atom stereocenters. The first-order chi connectivity index (χ1) is 16.4. The predicted octanol–water partition coefficient (Wildman–Crippen LogP) is 10.6. The Morgan fingerprint density at radius 2 is 1.22 bits per heavy atom. The SMILES string of the molecule is CC(C)(C)C1=CC2C3=C(C=C(C(C)(C)C)CC3=C1)c1cc(C(C)(C)C)cc3cc(C(C)(C)C)cc2c13. The third-order valence-corrected chi connectivity index (χ3v) is 8.59. The summed E-state index contributed by atoms with van der Waals surface area (Å²) in [6.45, 7) is 28.3. The Labute approximate surface area is 220 Å². The topological polar surface area (TPSA) is 0 Å². The van der Waals surface area contributed by atoms with Gasteiger partial charge in [-0.15, -0.1) is 0 Å². The maximum Gasteiger partial charge on any atom is 0.0290 e. The summed E-state index contributed by atoms with van der Waals surface area (Å²) in [5.41, 5.74) is 13.9. The molecular formula is C36H46. The second-order valence-corrected chi connectivity index (χ2v) is 15.6. The third kappa shape index (κ3) is 4.06. The van der Waals surface area contributed by atoms with E-state index in [1.165, 1.54) is 49.7 Å². The third-order valence-electron chi connectivity index (χ3n) is 8.59. The number of rotatable bonds is 0. The van der Waals surface area contributed by atoms with Gasteiger partial charge < -0.3 is 0 Å². The maximum atomic E-state index is 2.59. The lowest BCUT2D eigenvalue weighted by Crippen LogP contribution is -2.24. The van der Waals surface area contributed by atoms with Gasteiger partial charge in [-0.2, -0.15) is 0 Å². The molecule has 0 amide bonds. The maximum absolute atomic E-state index is 2.59. The Morgan fingerprint density at radius 3 is 1.75 bits per heavy atom. The summed E-state index contributed by atoms with van der Waals surface area (Å²) in [5.74, 6) is 0.324. The first kappa shape index (κ1) is 25.3. The highest BCUT2D eigenvalue weighted by atomic mass is 14.4. The standard InChI is InChI=1S/C36H46/c1-33(2,3)23-13-21-14-24(34(4,5)6)19-29-30-20-26(36(10,11)12)16-22-15-25(35(7,8)9)18-28(32(22)30)27(17-23)31(21)29/h13-15,17-20,28H,16H2,1-12H3.